The zero-order valence-electron chi connectivity index (χ0n) is 20.2. The van der Waals surface area contributed by atoms with Crippen molar-refractivity contribution in [2.75, 3.05) is 32.8 Å². The quantitative estimate of drug-likeness (QED) is 0.378. The van der Waals surface area contributed by atoms with Crippen molar-refractivity contribution in [1.29, 1.82) is 0 Å². The molecule has 2 N–H and O–H groups in total. The minimum atomic E-state index is -4.59. The van der Waals surface area contributed by atoms with Gasteiger partial charge in [0, 0.05) is 23.2 Å². The molecule has 38 heavy (non-hydrogen) atoms. The van der Waals surface area contributed by atoms with E-state index in [2.05, 4.69) is 32.2 Å². The van der Waals surface area contributed by atoms with Crippen LogP contribution in [-0.4, -0.2) is 66.6 Å². The summed E-state index contributed by atoms with van der Waals surface area (Å²) in [7, 11) is 2.76. The Hall–Kier alpha value is -3.35. The zero-order chi connectivity index (χ0) is 27.6. The highest BCUT2D eigenvalue weighted by molar-refractivity contribution is 6.41. The maximum absolute atomic E-state index is 13.6. The van der Waals surface area contributed by atoms with Crippen molar-refractivity contribution in [3.05, 3.63) is 46.7 Å². The third-order valence-electron chi connectivity index (χ3n) is 5.74. The summed E-state index contributed by atoms with van der Waals surface area (Å²) in [6.45, 7) is 3.88. The molecular weight excluding hydrogens is 550 g/mol. The van der Waals surface area contributed by atoms with Gasteiger partial charge < -0.3 is 24.8 Å². The summed E-state index contributed by atoms with van der Waals surface area (Å²) in [4.78, 5) is 24.5. The Labute approximate surface area is 225 Å². The molecule has 2 aromatic heterocycles. The van der Waals surface area contributed by atoms with Gasteiger partial charge in [-0.15, -0.1) is 0 Å². The number of aromatic nitrogens is 3. The molecule has 1 fully saturated rings. The Morgan fingerprint density at radius 2 is 1.82 bits per heavy atom. The third-order valence-corrected chi connectivity index (χ3v) is 6.49. The van der Waals surface area contributed by atoms with E-state index in [9.17, 15) is 18.0 Å². The Morgan fingerprint density at radius 3 is 2.42 bits per heavy atom. The number of carbonyl (C=O) groups is 1. The van der Waals surface area contributed by atoms with Gasteiger partial charge in [0.2, 0.25) is 11.9 Å². The van der Waals surface area contributed by atoms with E-state index in [0.717, 1.165) is 6.08 Å². The second-order valence-electron chi connectivity index (χ2n) is 8.27. The van der Waals surface area contributed by atoms with Crippen LogP contribution in [0.1, 0.15) is 5.69 Å². The fourth-order valence-corrected chi connectivity index (χ4v) is 4.67. The van der Waals surface area contributed by atoms with Crippen molar-refractivity contribution in [2.24, 2.45) is 0 Å². The molecular formula is C24H22Cl2F3N5O4. The lowest BCUT2D eigenvalue weighted by molar-refractivity contribution is -0.127. The van der Waals surface area contributed by atoms with Gasteiger partial charge in [-0.3, -0.25) is 9.78 Å². The van der Waals surface area contributed by atoms with E-state index in [0.29, 0.717) is 0 Å². The normalized spacial score (nSPS) is 17.3. The highest BCUT2D eigenvalue weighted by atomic mass is 35.5. The number of rotatable bonds is 8. The summed E-state index contributed by atoms with van der Waals surface area (Å²) in [5.74, 6) is 0.0649. The maximum Gasteiger partial charge on any atom is 0.394 e. The molecule has 0 unspecified atom stereocenters. The van der Waals surface area contributed by atoms with Crippen molar-refractivity contribution in [1.82, 2.24) is 20.3 Å². The standard InChI is InChI=1S/C24H22Cl2F3N5O4/c1-4-18(35)32-14-9-38-10-15(14)33-23-30-8-11-5-12(31-13(22(11)34-23)7-24(27,28)29)19-20(25)16(36-2)6-17(37-3)21(19)26/h4-6,8,14-15H,1,7,9-10H2,2-3H3,(H,32,35)(H,30,33,34)/t14-,15+/m0/s1. The third kappa shape index (κ3) is 5.87. The van der Waals surface area contributed by atoms with E-state index >= 15 is 0 Å². The van der Waals surface area contributed by atoms with Gasteiger partial charge in [0.05, 0.1) is 72.9 Å². The average molecular weight is 572 g/mol. The number of amides is 1. The molecule has 14 heteroatoms. The monoisotopic (exact) mass is 571 g/mol. The number of alkyl halides is 3. The van der Waals surface area contributed by atoms with Crippen LogP contribution in [0, 0.1) is 0 Å². The number of pyridine rings is 1. The number of hydrogen-bond donors (Lipinski definition) is 2. The first kappa shape index (κ1) is 27.7. The summed E-state index contributed by atoms with van der Waals surface area (Å²) >= 11 is 13.0. The first-order valence-electron chi connectivity index (χ1n) is 11.2. The summed E-state index contributed by atoms with van der Waals surface area (Å²) in [5.41, 5.74) is -0.176. The lowest BCUT2D eigenvalue weighted by Gasteiger charge is -2.20. The summed E-state index contributed by atoms with van der Waals surface area (Å²) in [6.07, 6.45) is -3.46. The Kier molecular flexibility index (Phi) is 8.14. The highest BCUT2D eigenvalue weighted by Crippen LogP contribution is 2.46. The van der Waals surface area contributed by atoms with Crippen molar-refractivity contribution < 1.29 is 32.2 Å². The van der Waals surface area contributed by atoms with Crippen molar-refractivity contribution in [3.8, 4) is 22.8 Å². The highest BCUT2D eigenvalue weighted by Gasteiger charge is 2.32. The molecule has 0 bridgehead atoms. The summed E-state index contributed by atoms with van der Waals surface area (Å²) < 4.78 is 56.7. The van der Waals surface area contributed by atoms with Gasteiger partial charge in [0.15, 0.2) is 0 Å². The first-order chi connectivity index (χ1) is 18.0. The number of nitrogens with zero attached hydrogens (tertiary/aromatic N) is 3. The molecule has 1 aliphatic rings. The SMILES string of the molecule is C=CC(=O)N[C@H]1COC[C@H]1Nc1ncc2cc(-c3c(Cl)c(OC)cc(OC)c3Cl)nc(CC(F)(F)F)c2n1. The topological polar surface area (TPSA) is 107 Å². The fourth-order valence-electron chi connectivity index (χ4n) is 3.97. The predicted octanol–water partition coefficient (Wildman–Crippen LogP) is 4.60. The number of carbonyl (C=O) groups excluding carboxylic acids is 1. The van der Waals surface area contributed by atoms with Crippen LogP contribution in [0.3, 0.4) is 0 Å². The number of fused-ring (bicyclic) bond motifs is 1. The lowest BCUT2D eigenvalue weighted by atomic mass is 10.1. The number of ether oxygens (including phenoxy) is 3. The molecule has 0 aliphatic carbocycles. The first-order valence-corrected chi connectivity index (χ1v) is 11.9. The molecule has 2 atom stereocenters. The molecule has 0 spiro atoms. The smallest absolute Gasteiger partial charge is 0.394 e. The van der Waals surface area contributed by atoms with Gasteiger partial charge in [-0.25, -0.2) is 9.97 Å². The molecule has 0 saturated carbocycles. The van der Waals surface area contributed by atoms with Crippen molar-refractivity contribution in [2.45, 2.75) is 24.7 Å². The van der Waals surface area contributed by atoms with Crippen molar-refractivity contribution >= 4 is 46.0 Å². The van der Waals surface area contributed by atoms with E-state index < -0.39 is 24.7 Å². The Balaban J connectivity index is 1.80. The Morgan fingerprint density at radius 1 is 1.16 bits per heavy atom. The van der Waals surface area contributed by atoms with Crippen molar-refractivity contribution in [3.63, 3.8) is 0 Å². The molecule has 3 aromatic rings. The number of hydrogen-bond acceptors (Lipinski definition) is 8. The van der Waals surface area contributed by atoms with Crippen LogP contribution >= 0.6 is 23.2 Å². The van der Waals surface area contributed by atoms with Crippen LogP contribution in [-0.2, 0) is 16.0 Å². The number of benzene rings is 1. The number of halogens is 5. The molecule has 3 heterocycles. The molecule has 1 aliphatic heterocycles. The average Bonchev–Trinajstić information content (AvgIpc) is 3.29. The summed E-state index contributed by atoms with van der Waals surface area (Å²) in [5, 5.41) is 6.12. The fraction of sp³-hybridized carbons (Fsp3) is 0.333. The summed E-state index contributed by atoms with van der Waals surface area (Å²) in [6, 6.07) is 2.11. The molecule has 1 amide bonds. The Bertz CT molecular complexity index is 1360. The van der Waals surface area contributed by atoms with E-state index in [1.165, 1.54) is 32.5 Å². The van der Waals surface area contributed by atoms with Gasteiger partial charge in [0.1, 0.15) is 11.5 Å². The van der Waals surface area contributed by atoms with Gasteiger partial charge >= 0.3 is 6.18 Å². The molecule has 9 nitrogen and oxygen atoms in total. The van der Waals surface area contributed by atoms with Crippen LogP contribution in [0.2, 0.25) is 10.0 Å². The van der Waals surface area contributed by atoms with Gasteiger partial charge in [-0.05, 0) is 12.1 Å². The van der Waals surface area contributed by atoms with Gasteiger partial charge in [-0.2, -0.15) is 13.2 Å². The molecule has 1 aromatic carbocycles. The minimum Gasteiger partial charge on any atom is -0.495 e. The molecule has 0 radical (unpaired) electrons. The van der Waals surface area contributed by atoms with Crippen LogP contribution in [0.4, 0.5) is 19.1 Å². The second kappa shape index (κ2) is 11.2. The largest absolute Gasteiger partial charge is 0.495 e. The van der Waals surface area contributed by atoms with Crippen LogP contribution < -0.4 is 20.1 Å². The van der Waals surface area contributed by atoms with Gasteiger partial charge in [0.25, 0.3) is 0 Å². The minimum absolute atomic E-state index is 0.0173. The molecule has 4 rings (SSSR count). The van der Waals surface area contributed by atoms with Gasteiger partial charge in [-0.1, -0.05) is 29.8 Å². The predicted molar refractivity (Wildman–Crippen MR) is 136 cm³/mol. The number of anilines is 1. The lowest BCUT2D eigenvalue weighted by Crippen LogP contribution is -2.45. The van der Waals surface area contributed by atoms with Crippen LogP contribution in [0.5, 0.6) is 11.5 Å². The number of methoxy groups -OCH3 is 2. The molecule has 202 valence electrons. The van der Waals surface area contributed by atoms with E-state index in [1.54, 1.807) is 0 Å². The van der Waals surface area contributed by atoms with Crippen LogP contribution in [0.15, 0.2) is 31.0 Å². The van der Waals surface area contributed by atoms with E-state index in [-0.39, 0.29) is 74.5 Å². The maximum atomic E-state index is 13.6. The zero-order valence-corrected chi connectivity index (χ0v) is 21.7. The van der Waals surface area contributed by atoms with E-state index in [1.807, 2.05) is 0 Å². The van der Waals surface area contributed by atoms with E-state index in [4.69, 9.17) is 37.4 Å². The molecule has 1 saturated heterocycles. The second-order valence-corrected chi connectivity index (χ2v) is 9.03. The van der Waals surface area contributed by atoms with Crippen LogP contribution in [0.25, 0.3) is 22.2 Å². The number of nitrogens with one attached hydrogen (secondary N) is 2.